The van der Waals surface area contributed by atoms with E-state index in [0.717, 1.165) is 6.42 Å². The zero-order chi connectivity index (χ0) is 13.1. The van der Waals surface area contributed by atoms with Crippen molar-refractivity contribution in [3.05, 3.63) is 18.2 Å². The molecule has 17 heavy (non-hydrogen) atoms. The van der Waals surface area contributed by atoms with E-state index < -0.39 is 0 Å². The lowest BCUT2D eigenvalue weighted by molar-refractivity contribution is 0.0944. The van der Waals surface area contributed by atoms with Crippen LogP contribution < -0.4 is 5.32 Å². The third kappa shape index (κ3) is 4.77. The first-order chi connectivity index (χ1) is 7.79. The summed E-state index contributed by atoms with van der Waals surface area (Å²) in [4.78, 5) is 15.7. The standard InChI is InChI=1S/C12H20ClN3O/c1-12(2,3)5-9(13)6-15-11(17)10-7-14-8-16(10)4/h7-9H,5-6H2,1-4H3,(H,15,17). The minimum atomic E-state index is -0.135. The first-order valence-corrected chi connectivity index (χ1v) is 6.12. The molecule has 1 heterocycles. The molecule has 0 aliphatic rings. The van der Waals surface area contributed by atoms with E-state index in [9.17, 15) is 4.79 Å². The van der Waals surface area contributed by atoms with Crippen molar-refractivity contribution in [1.82, 2.24) is 14.9 Å². The molecule has 0 aliphatic carbocycles. The Morgan fingerprint density at radius 3 is 2.71 bits per heavy atom. The number of carbonyl (C=O) groups excluding carboxylic acids is 1. The summed E-state index contributed by atoms with van der Waals surface area (Å²) < 4.78 is 1.68. The predicted molar refractivity (Wildman–Crippen MR) is 69.3 cm³/mol. The van der Waals surface area contributed by atoms with Crippen molar-refractivity contribution < 1.29 is 4.79 Å². The quantitative estimate of drug-likeness (QED) is 0.841. The molecule has 96 valence electrons. The number of rotatable bonds is 4. The van der Waals surface area contributed by atoms with Crippen LogP contribution in [0.2, 0.25) is 0 Å². The summed E-state index contributed by atoms with van der Waals surface area (Å²) >= 11 is 6.17. The van der Waals surface area contributed by atoms with Gasteiger partial charge < -0.3 is 9.88 Å². The zero-order valence-corrected chi connectivity index (χ0v) is 11.6. The molecule has 1 amide bonds. The maximum absolute atomic E-state index is 11.8. The molecule has 0 aliphatic heterocycles. The largest absolute Gasteiger partial charge is 0.349 e. The molecule has 1 unspecified atom stereocenters. The Balaban J connectivity index is 2.42. The van der Waals surface area contributed by atoms with Gasteiger partial charge in [0, 0.05) is 13.6 Å². The van der Waals surface area contributed by atoms with Crippen molar-refractivity contribution in [2.75, 3.05) is 6.54 Å². The molecular formula is C12H20ClN3O. The number of hydrogen-bond donors (Lipinski definition) is 1. The predicted octanol–water partition coefficient (Wildman–Crippen LogP) is 2.19. The minimum Gasteiger partial charge on any atom is -0.349 e. The summed E-state index contributed by atoms with van der Waals surface area (Å²) in [5, 5.41) is 2.77. The van der Waals surface area contributed by atoms with Crippen LogP contribution >= 0.6 is 11.6 Å². The van der Waals surface area contributed by atoms with Gasteiger partial charge in [-0.05, 0) is 11.8 Å². The number of hydrogen-bond acceptors (Lipinski definition) is 2. The van der Waals surface area contributed by atoms with Gasteiger partial charge >= 0.3 is 0 Å². The van der Waals surface area contributed by atoms with E-state index in [1.807, 2.05) is 0 Å². The summed E-state index contributed by atoms with van der Waals surface area (Å²) in [5.74, 6) is -0.135. The van der Waals surface area contributed by atoms with E-state index >= 15 is 0 Å². The van der Waals surface area contributed by atoms with Crippen molar-refractivity contribution >= 4 is 17.5 Å². The maximum Gasteiger partial charge on any atom is 0.269 e. The summed E-state index contributed by atoms with van der Waals surface area (Å²) in [6, 6.07) is 0. The summed E-state index contributed by atoms with van der Waals surface area (Å²) in [7, 11) is 1.79. The van der Waals surface area contributed by atoms with Crippen LogP contribution in [0, 0.1) is 5.41 Å². The molecule has 0 saturated carbocycles. The van der Waals surface area contributed by atoms with Gasteiger partial charge in [0.2, 0.25) is 0 Å². The second-order valence-corrected chi connectivity index (χ2v) is 6.08. The van der Waals surface area contributed by atoms with Gasteiger partial charge in [0.25, 0.3) is 5.91 Å². The summed E-state index contributed by atoms with van der Waals surface area (Å²) in [6.07, 6.45) is 4.00. The van der Waals surface area contributed by atoms with Gasteiger partial charge in [-0.3, -0.25) is 4.79 Å². The van der Waals surface area contributed by atoms with E-state index in [2.05, 4.69) is 31.1 Å². The Labute approximate surface area is 107 Å². The lowest BCUT2D eigenvalue weighted by atomic mass is 9.90. The average molecular weight is 258 g/mol. The molecule has 0 bridgehead atoms. The Bertz CT molecular complexity index is 381. The highest BCUT2D eigenvalue weighted by Crippen LogP contribution is 2.23. The van der Waals surface area contributed by atoms with Crippen LogP contribution in [-0.2, 0) is 7.05 Å². The average Bonchev–Trinajstić information content (AvgIpc) is 2.58. The minimum absolute atomic E-state index is 0.0489. The molecule has 1 aromatic heterocycles. The number of halogens is 1. The number of carbonyl (C=O) groups is 1. The third-order valence-electron chi connectivity index (χ3n) is 2.37. The Morgan fingerprint density at radius 1 is 1.59 bits per heavy atom. The highest BCUT2D eigenvalue weighted by Gasteiger charge is 2.18. The van der Waals surface area contributed by atoms with Gasteiger partial charge in [-0.15, -0.1) is 11.6 Å². The number of nitrogens with zero attached hydrogens (tertiary/aromatic N) is 2. The van der Waals surface area contributed by atoms with Crippen molar-refractivity contribution in [3.8, 4) is 0 Å². The highest BCUT2D eigenvalue weighted by atomic mass is 35.5. The van der Waals surface area contributed by atoms with Crippen LogP contribution in [0.5, 0.6) is 0 Å². The van der Waals surface area contributed by atoms with E-state index in [1.165, 1.54) is 0 Å². The number of imidazole rings is 1. The molecule has 1 N–H and O–H groups in total. The molecule has 0 fully saturated rings. The van der Waals surface area contributed by atoms with Gasteiger partial charge in [0.05, 0.1) is 17.9 Å². The summed E-state index contributed by atoms with van der Waals surface area (Å²) in [5.41, 5.74) is 0.716. The molecule has 0 radical (unpaired) electrons. The Hall–Kier alpha value is -1.03. The molecule has 0 aromatic carbocycles. The van der Waals surface area contributed by atoms with E-state index in [1.54, 1.807) is 24.1 Å². The van der Waals surface area contributed by atoms with Crippen LogP contribution in [0.1, 0.15) is 37.7 Å². The Morgan fingerprint density at radius 2 is 2.24 bits per heavy atom. The van der Waals surface area contributed by atoms with Crippen LogP contribution in [0.25, 0.3) is 0 Å². The molecule has 5 heteroatoms. The number of aryl methyl sites for hydroxylation is 1. The molecule has 4 nitrogen and oxygen atoms in total. The lowest BCUT2D eigenvalue weighted by Gasteiger charge is -2.21. The van der Waals surface area contributed by atoms with Crippen molar-refractivity contribution in [3.63, 3.8) is 0 Å². The fraction of sp³-hybridized carbons (Fsp3) is 0.667. The molecule has 1 aromatic rings. The second kappa shape index (κ2) is 5.54. The molecule has 0 saturated heterocycles. The third-order valence-corrected chi connectivity index (χ3v) is 2.68. The van der Waals surface area contributed by atoms with E-state index in [0.29, 0.717) is 12.2 Å². The molecule has 1 atom stereocenters. The molecular weight excluding hydrogens is 238 g/mol. The smallest absolute Gasteiger partial charge is 0.269 e. The number of aromatic nitrogens is 2. The van der Waals surface area contributed by atoms with Gasteiger partial charge in [0.1, 0.15) is 5.69 Å². The lowest BCUT2D eigenvalue weighted by Crippen LogP contribution is -2.32. The van der Waals surface area contributed by atoms with Crippen LogP contribution in [-0.4, -0.2) is 27.4 Å². The first-order valence-electron chi connectivity index (χ1n) is 5.68. The number of amides is 1. The summed E-state index contributed by atoms with van der Waals surface area (Å²) in [6.45, 7) is 6.87. The molecule has 0 spiro atoms. The normalized spacial score (nSPS) is 13.5. The van der Waals surface area contributed by atoms with Crippen molar-refractivity contribution in [2.24, 2.45) is 12.5 Å². The maximum atomic E-state index is 11.8. The monoisotopic (exact) mass is 257 g/mol. The first kappa shape index (κ1) is 14.0. The van der Waals surface area contributed by atoms with Crippen molar-refractivity contribution in [2.45, 2.75) is 32.6 Å². The Kier molecular flexibility index (Phi) is 4.57. The second-order valence-electron chi connectivity index (χ2n) is 5.46. The number of alkyl halides is 1. The van der Waals surface area contributed by atoms with Crippen molar-refractivity contribution in [1.29, 1.82) is 0 Å². The van der Waals surface area contributed by atoms with Gasteiger partial charge in [-0.2, -0.15) is 0 Å². The SMILES string of the molecule is Cn1cncc1C(=O)NCC(Cl)CC(C)(C)C. The fourth-order valence-electron chi connectivity index (χ4n) is 1.61. The fourth-order valence-corrected chi connectivity index (χ4v) is 2.15. The van der Waals surface area contributed by atoms with E-state index in [4.69, 9.17) is 11.6 Å². The number of nitrogens with one attached hydrogen (secondary N) is 1. The highest BCUT2D eigenvalue weighted by molar-refractivity contribution is 6.21. The van der Waals surface area contributed by atoms with Gasteiger partial charge in [-0.25, -0.2) is 4.98 Å². The van der Waals surface area contributed by atoms with E-state index in [-0.39, 0.29) is 16.7 Å². The molecule has 1 rings (SSSR count). The zero-order valence-electron chi connectivity index (χ0n) is 10.8. The van der Waals surface area contributed by atoms with Crippen LogP contribution in [0.4, 0.5) is 0 Å². The van der Waals surface area contributed by atoms with Gasteiger partial charge in [-0.1, -0.05) is 20.8 Å². The topological polar surface area (TPSA) is 46.9 Å². The van der Waals surface area contributed by atoms with Crippen LogP contribution in [0.3, 0.4) is 0 Å². The van der Waals surface area contributed by atoms with Gasteiger partial charge in [0.15, 0.2) is 0 Å². The van der Waals surface area contributed by atoms with Crippen LogP contribution in [0.15, 0.2) is 12.5 Å².